The average Bonchev–Trinajstić information content (AvgIpc) is 2.56. The van der Waals surface area contributed by atoms with E-state index in [1.165, 1.54) is 21.5 Å². The van der Waals surface area contributed by atoms with Crippen molar-refractivity contribution in [3.8, 4) is 0 Å². The van der Waals surface area contributed by atoms with Crippen LogP contribution in [0.3, 0.4) is 0 Å². The zero-order chi connectivity index (χ0) is 13.6. The fraction of sp³-hybridized carbons (Fsp3) is 0. The van der Waals surface area contributed by atoms with Gasteiger partial charge in [-0.25, -0.2) is 0 Å². The minimum Gasteiger partial charge on any atom is -0.264 e. The number of benzene rings is 2. The van der Waals surface area contributed by atoms with Crippen LogP contribution in [0.5, 0.6) is 0 Å². The van der Waals surface area contributed by atoms with Crippen molar-refractivity contribution in [2.24, 2.45) is 0 Å². The molecule has 2 nitrogen and oxygen atoms in total. The molecular formula is C18H16Cl2N2. The van der Waals surface area contributed by atoms with Crippen LogP contribution < -0.4 is 0 Å². The van der Waals surface area contributed by atoms with Gasteiger partial charge in [0.05, 0.1) is 0 Å². The van der Waals surface area contributed by atoms with Gasteiger partial charge in [0.1, 0.15) is 0 Å². The Bertz CT molecular complexity index is 632. The summed E-state index contributed by atoms with van der Waals surface area (Å²) < 4.78 is 0. The van der Waals surface area contributed by atoms with Crippen molar-refractivity contribution in [3.63, 3.8) is 0 Å². The third-order valence-corrected chi connectivity index (χ3v) is 3.10. The van der Waals surface area contributed by atoms with Crippen LogP contribution >= 0.6 is 24.8 Å². The maximum Gasteiger partial charge on any atom is 0.0346 e. The van der Waals surface area contributed by atoms with Gasteiger partial charge in [-0.1, -0.05) is 48.5 Å². The van der Waals surface area contributed by atoms with Crippen molar-refractivity contribution in [1.29, 1.82) is 0 Å². The van der Waals surface area contributed by atoms with Crippen LogP contribution in [0.25, 0.3) is 21.5 Å². The van der Waals surface area contributed by atoms with Gasteiger partial charge in [-0.2, -0.15) is 0 Å². The lowest BCUT2D eigenvalue weighted by molar-refractivity contribution is 1.36. The molecule has 0 aliphatic carbocycles. The quantitative estimate of drug-likeness (QED) is 0.436. The number of fused-ring (bicyclic) bond motifs is 2. The van der Waals surface area contributed by atoms with Crippen molar-refractivity contribution in [2.75, 3.05) is 0 Å². The minimum absolute atomic E-state index is 0. The van der Waals surface area contributed by atoms with E-state index in [9.17, 15) is 0 Å². The molecule has 2 aromatic carbocycles. The molecule has 4 rings (SSSR count). The number of rotatable bonds is 0. The lowest BCUT2D eigenvalue weighted by Gasteiger charge is -1.91. The molecule has 4 aromatic rings. The lowest BCUT2D eigenvalue weighted by Crippen LogP contribution is -1.71. The van der Waals surface area contributed by atoms with Crippen molar-refractivity contribution in [2.45, 2.75) is 0 Å². The SMILES string of the molecule is Cl.Cl.c1ccc2cnccc2c1.c1ccc2cnccc2c1. The van der Waals surface area contributed by atoms with E-state index in [-0.39, 0.29) is 24.8 Å². The van der Waals surface area contributed by atoms with Gasteiger partial charge in [0.15, 0.2) is 0 Å². The summed E-state index contributed by atoms with van der Waals surface area (Å²) >= 11 is 0. The third-order valence-electron chi connectivity index (χ3n) is 3.10. The Labute approximate surface area is 142 Å². The monoisotopic (exact) mass is 330 g/mol. The highest BCUT2D eigenvalue weighted by Gasteiger charge is 1.86. The molecule has 0 spiro atoms. The molecular weight excluding hydrogens is 315 g/mol. The normalized spacial score (nSPS) is 9.09. The third kappa shape index (κ3) is 4.42. The van der Waals surface area contributed by atoms with Gasteiger partial charge in [-0.15, -0.1) is 24.8 Å². The highest BCUT2D eigenvalue weighted by Crippen LogP contribution is 2.10. The minimum atomic E-state index is 0. The highest BCUT2D eigenvalue weighted by atomic mass is 35.5. The molecule has 0 amide bonds. The maximum atomic E-state index is 4.01. The fourth-order valence-corrected chi connectivity index (χ4v) is 2.05. The Kier molecular flexibility index (Phi) is 7.30. The van der Waals surface area contributed by atoms with Crippen LogP contribution in [0.2, 0.25) is 0 Å². The molecule has 0 saturated carbocycles. The van der Waals surface area contributed by atoms with Crippen LogP contribution in [-0.4, -0.2) is 9.97 Å². The summed E-state index contributed by atoms with van der Waals surface area (Å²) in [5, 5.41) is 4.89. The summed E-state index contributed by atoms with van der Waals surface area (Å²) in [6.45, 7) is 0. The van der Waals surface area contributed by atoms with Gasteiger partial charge in [0.25, 0.3) is 0 Å². The molecule has 4 heteroatoms. The van der Waals surface area contributed by atoms with Gasteiger partial charge in [-0.3, -0.25) is 9.97 Å². The summed E-state index contributed by atoms with van der Waals surface area (Å²) in [7, 11) is 0. The summed E-state index contributed by atoms with van der Waals surface area (Å²) in [6, 6.07) is 20.4. The molecule has 0 aliphatic heterocycles. The molecule has 0 N–H and O–H groups in total. The Morgan fingerprint density at radius 1 is 0.455 bits per heavy atom. The lowest BCUT2D eigenvalue weighted by atomic mass is 10.2. The largest absolute Gasteiger partial charge is 0.264 e. The second kappa shape index (κ2) is 8.98. The fourth-order valence-electron chi connectivity index (χ4n) is 2.05. The predicted octanol–water partition coefficient (Wildman–Crippen LogP) is 5.31. The van der Waals surface area contributed by atoms with Gasteiger partial charge in [0.2, 0.25) is 0 Å². The molecule has 2 aromatic heterocycles. The first-order valence-corrected chi connectivity index (χ1v) is 6.51. The van der Waals surface area contributed by atoms with Crippen molar-refractivity contribution >= 4 is 46.4 Å². The topological polar surface area (TPSA) is 25.8 Å². The van der Waals surface area contributed by atoms with E-state index < -0.39 is 0 Å². The molecule has 0 radical (unpaired) electrons. The van der Waals surface area contributed by atoms with E-state index in [0.29, 0.717) is 0 Å². The van der Waals surface area contributed by atoms with Crippen molar-refractivity contribution < 1.29 is 0 Å². The number of nitrogens with zero attached hydrogens (tertiary/aromatic N) is 2. The molecule has 22 heavy (non-hydrogen) atoms. The summed E-state index contributed by atoms with van der Waals surface area (Å²) in [4.78, 5) is 8.03. The van der Waals surface area contributed by atoms with Crippen molar-refractivity contribution in [3.05, 3.63) is 85.5 Å². The first kappa shape index (κ1) is 17.9. The molecule has 112 valence electrons. The average molecular weight is 331 g/mol. The molecule has 0 bridgehead atoms. The number of halogens is 2. The zero-order valence-electron chi connectivity index (χ0n) is 11.8. The Morgan fingerprint density at radius 2 is 0.818 bits per heavy atom. The number of hydrogen-bond donors (Lipinski definition) is 0. The molecule has 0 atom stereocenters. The summed E-state index contributed by atoms with van der Waals surface area (Å²) in [5.41, 5.74) is 0. The Hall–Kier alpha value is -2.16. The van der Waals surface area contributed by atoms with Crippen LogP contribution in [0, 0.1) is 0 Å². The highest BCUT2D eigenvalue weighted by molar-refractivity contribution is 5.85. The van der Waals surface area contributed by atoms with E-state index >= 15 is 0 Å². The maximum absolute atomic E-state index is 4.01. The molecule has 0 aliphatic rings. The molecule has 2 heterocycles. The van der Waals surface area contributed by atoms with E-state index in [1.54, 1.807) is 0 Å². The smallest absolute Gasteiger partial charge is 0.0346 e. The van der Waals surface area contributed by atoms with E-state index in [2.05, 4.69) is 34.2 Å². The molecule has 0 fully saturated rings. The van der Waals surface area contributed by atoms with Gasteiger partial charge < -0.3 is 0 Å². The first-order valence-electron chi connectivity index (χ1n) is 6.51. The molecule has 0 saturated heterocycles. The second-order valence-corrected chi connectivity index (χ2v) is 4.45. The van der Waals surface area contributed by atoms with Gasteiger partial charge >= 0.3 is 0 Å². The zero-order valence-corrected chi connectivity index (χ0v) is 13.4. The van der Waals surface area contributed by atoms with E-state index in [1.807, 2.05) is 61.2 Å². The number of hydrogen-bond acceptors (Lipinski definition) is 2. The van der Waals surface area contributed by atoms with Crippen LogP contribution in [0.4, 0.5) is 0 Å². The summed E-state index contributed by atoms with van der Waals surface area (Å²) in [5.74, 6) is 0. The Morgan fingerprint density at radius 3 is 1.18 bits per heavy atom. The number of pyridine rings is 2. The van der Waals surface area contributed by atoms with Crippen LogP contribution in [0.15, 0.2) is 85.5 Å². The second-order valence-electron chi connectivity index (χ2n) is 4.45. The van der Waals surface area contributed by atoms with Gasteiger partial charge in [-0.05, 0) is 33.7 Å². The molecule has 0 unspecified atom stereocenters. The van der Waals surface area contributed by atoms with Crippen LogP contribution in [0.1, 0.15) is 0 Å². The number of aromatic nitrogens is 2. The van der Waals surface area contributed by atoms with Crippen molar-refractivity contribution in [1.82, 2.24) is 9.97 Å². The standard InChI is InChI=1S/2C9H7N.2ClH/c2*1-2-4-9-7-10-6-5-8(9)3-1;;/h2*1-7H;2*1H. The van der Waals surface area contributed by atoms with Gasteiger partial charge in [0, 0.05) is 24.8 Å². The van der Waals surface area contributed by atoms with E-state index in [0.717, 1.165) is 0 Å². The Balaban J connectivity index is 0.000000202. The summed E-state index contributed by atoms with van der Waals surface area (Å²) in [6.07, 6.45) is 7.36. The van der Waals surface area contributed by atoms with Crippen LogP contribution in [-0.2, 0) is 0 Å². The first-order chi connectivity index (χ1) is 9.93. The van der Waals surface area contributed by atoms with E-state index in [4.69, 9.17) is 0 Å². The predicted molar refractivity (Wildman–Crippen MR) is 98.0 cm³/mol.